The zero-order chi connectivity index (χ0) is 19.3. The molecule has 3 aromatic rings. The molecule has 0 saturated carbocycles. The lowest BCUT2D eigenvalue weighted by molar-refractivity contribution is -0.132. The van der Waals surface area contributed by atoms with Crippen LogP contribution >= 0.6 is 0 Å². The van der Waals surface area contributed by atoms with Crippen LogP contribution in [0.1, 0.15) is 48.2 Å². The zero-order valence-corrected chi connectivity index (χ0v) is 16.1. The quantitative estimate of drug-likeness (QED) is 0.708. The van der Waals surface area contributed by atoms with E-state index >= 15 is 0 Å². The van der Waals surface area contributed by atoms with Crippen LogP contribution in [0.25, 0.3) is 0 Å². The number of H-pyrrole nitrogens is 1. The van der Waals surface area contributed by atoms with E-state index in [1.54, 1.807) is 6.20 Å². The summed E-state index contributed by atoms with van der Waals surface area (Å²) >= 11 is 0. The van der Waals surface area contributed by atoms with Gasteiger partial charge in [0.05, 0.1) is 6.54 Å². The highest BCUT2D eigenvalue weighted by Gasteiger charge is 2.27. The Morgan fingerprint density at radius 1 is 1.36 bits per heavy atom. The van der Waals surface area contributed by atoms with Gasteiger partial charge in [0, 0.05) is 56.6 Å². The summed E-state index contributed by atoms with van der Waals surface area (Å²) in [4.78, 5) is 27.7. The Kier molecular flexibility index (Phi) is 5.45. The van der Waals surface area contributed by atoms with Gasteiger partial charge in [0.1, 0.15) is 11.6 Å². The van der Waals surface area contributed by atoms with Gasteiger partial charge in [0.2, 0.25) is 5.91 Å². The molecule has 146 valence electrons. The monoisotopic (exact) mass is 379 g/mol. The van der Waals surface area contributed by atoms with Crippen LogP contribution in [-0.2, 0) is 17.8 Å². The molecule has 1 amide bonds. The molecular weight excluding hydrogens is 354 g/mol. The van der Waals surface area contributed by atoms with E-state index in [-0.39, 0.29) is 11.8 Å². The third kappa shape index (κ3) is 4.27. The Labute approximate surface area is 164 Å². The van der Waals surface area contributed by atoms with Gasteiger partial charge in [-0.25, -0.2) is 9.97 Å². The summed E-state index contributed by atoms with van der Waals surface area (Å²) < 4.78 is 2.17. The second-order valence-electron chi connectivity index (χ2n) is 7.29. The van der Waals surface area contributed by atoms with Crippen LogP contribution in [0.5, 0.6) is 0 Å². The van der Waals surface area contributed by atoms with Crippen molar-refractivity contribution in [3.05, 3.63) is 60.0 Å². The summed E-state index contributed by atoms with van der Waals surface area (Å²) in [6, 6.07) is 4.01. The van der Waals surface area contributed by atoms with E-state index < -0.39 is 0 Å². The van der Waals surface area contributed by atoms with Crippen LogP contribution in [0.3, 0.4) is 0 Å². The molecule has 0 unspecified atom stereocenters. The van der Waals surface area contributed by atoms with Crippen LogP contribution in [0.4, 0.5) is 0 Å². The van der Waals surface area contributed by atoms with E-state index in [4.69, 9.17) is 0 Å². The Balaban J connectivity index is 1.38. The molecule has 4 rings (SSSR count). The van der Waals surface area contributed by atoms with E-state index in [0.29, 0.717) is 18.7 Å². The lowest BCUT2D eigenvalue weighted by Crippen LogP contribution is -2.40. The molecule has 1 atom stereocenters. The van der Waals surface area contributed by atoms with Crippen molar-refractivity contribution < 1.29 is 4.79 Å². The molecule has 28 heavy (non-hydrogen) atoms. The fraction of sp³-hybridized carbons (Fsp3) is 0.450. The Bertz CT molecular complexity index is 918. The number of imidazole rings is 1. The number of aromatic nitrogens is 6. The first-order valence-electron chi connectivity index (χ1n) is 9.74. The molecule has 1 saturated heterocycles. The Morgan fingerprint density at radius 2 is 2.29 bits per heavy atom. The number of likely N-dealkylation sites (tertiary alicyclic amines) is 1. The molecule has 0 bridgehead atoms. The average molecular weight is 379 g/mol. The van der Waals surface area contributed by atoms with Gasteiger partial charge in [0.15, 0.2) is 5.82 Å². The number of pyridine rings is 1. The minimum atomic E-state index is 0.164. The summed E-state index contributed by atoms with van der Waals surface area (Å²) in [6.45, 7) is 4.14. The van der Waals surface area contributed by atoms with Crippen molar-refractivity contribution in [2.45, 2.75) is 45.1 Å². The number of hydrogen-bond donors (Lipinski definition) is 1. The van der Waals surface area contributed by atoms with Crippen molar-refractivity contribution >= 4 is 5.91 Å². The summed E-state index contributed by atoms with van der Waals surface area (Å²) in [6.07, 6.45) is 10.6. The number of amides is 1. The van der Waals surface area contributed by atoms with Crippen LogP contribution < -0.4 is 0 Å². The highest BCUT2D eigenvalue weighted by molar-refractivity contribution is 5.76. The molecule has 1 aliphatic rings. The van der Waals surface area contributed by atoms with Gasteiger partial charge in [0.25, 0.3) is 0 Å². The second kappa shape index (κ2) is 8.33. The molecule has 4 heterocycles. The number of hydrogen-bond acceptors (Lipinski definition) is 5. The van der Waals surface area contributed by atoms with Gasteiger partial charge in [-0.3, -0.25) is 14.9 Å². The maximum Gasteiger partial charge on any atom is 0.223 e. The first-order valence-corrected chi connectivity index (χ1v) is 9.74. The smallest absolute Gasteiger partial charge is 0.223 e. The predicted molar refractivity (Wildman–Crippen MR) is 104 cm³/mol. The van der Waals surface area contributed by atoms with Crippen molar-refractivity contribution in [2.75, 3.05) is 13.1 Å². The summed E-state index contributed by atoms with van der Waals surface area (Å²) in [5.41, 5.74) is 1.15. The number of nitrogens with one attached hydrogen (secondary N) is 1. The molecule has 0 radical (unpaired) electrons. The Hall–Kier alpha value is -3.03. The van der Waals surface area contributed by atoms with Gasteiger partial charge in [-0.05, 0) is 31.4 Å². The minimum Gasteiger partial charge on any atom is -0.342 e. The summed E-state index contributed by atoms with van der Waals surface area (Å²) in [7, 11) is 0. The second-order valence-corrected chi connectivity index (χ2v) is 7.29. The first-order chi connectivity index (χ1) is 13.7. The number of carbonyl (C=O) groups is 1. The maximum absolute atomic E-state index is 12.7. The van der Waals surface area contributed by atoms with Gasteiger partial charge in [-0.15, -0.1) is 0 Å². The molecule has 8 heteroatoms. The maximum atomic E-state index is 12.7. The van der Waals surface area contributed by atoms with Crippen molar-refractivity contribution in [3.8, 4) is 0 Å². The summed E-state index contributed by atoms with van der Waals surface area (Å²) in [5, 5.41) is 6.94. The van der Waals surface area contributed by atoms with Crippen LogP contribution in [0.15, 0.2) is 36.9 Å². The van der Waals surface area contributed by atoms with Crippen LogP contribution in [-0.4, -0.2) is 53.6 Å². The minimum absolute atomic E-state index is 0.164. The SMILES string of the molecule is Cc1nc(CCC(=O)N2CCC[C@@H](c3nccn3Cc3cccnc3)C2)n[nH]1. The molecular formula is C20H25N7O. The molecule has 1 N–H and O–H groups in total. The van der Waals surface area contributed by atoms with Crippen molar-refractivity contribution in [1.29, 1.82) is 0 Å². The highest BCUT2D eigenvalue weighted by atomic mass is 16.2. The van der Waals surface area contributed by atoms with E-state index in [9.17, 15) is 4.79 Å². The number of piperidine rings is 1. The molecule has 8 nitrogen and oxygen atoms in total. The fourth-order valence-corrected chi connectivity index (χ4v) is 3.79. The van der Waals surface area contributed by atoms with E-state index in [1.807, 2.05) is 36.5 Å². The van der Waals surface area contributed by atoms with Crippen molar-refractivity contribution in [1.82, 2.24) is 34.6 Å². The standard InChI is InChI=1S/C20H25N7O/c1-15-23-18(25-24-15)6-7-19(28)26-10-3-5-17(14-26)20-22-9-11-27(20)13-16-4-2-8-21-12-16/h2,4,8-9,11-12,17H,3,5-7,10,13-14H2,1H3,(H,23,24,25)/t17-/m1/s1. The van der Waals surface area contributed by atoms with E-state index in [2.05, 4.69) is 35.8 Å². The molecule has 0 spiro atoms. The predicted octanol–water partition coefficient (Wildman–Crippen LogP) is 2.09. The number of aromatic amines is 1. The molecule has 1 fully saturated rings. The van der Waals surface area contributed by atoms with E-state index in [1.165, 1.54) is 0 Å². The van der Waals surface area contributed by atoms with Crippen LogP contribution in [0.2, 0.25) is 0 Å². The molecule has 0 aromatic carbocycles. The van der Waals surface area contributed by atoms with Gasteiger partial charge < -0.3 is 9.47 Å². The topological polar surface area (TPSA) is 92.6 Å². The lowest BCUT2D eigenvalue weighted by Gasteiger charge is -2.32. The van der Waals surface area contributed by atoms with E-state index in [0.717, 1.165) is 49.7 Å². The third-order valence-corrected chi connectivity index (χ3v) is 5.17. The van der Waals surface area contributed by atoms with Gasteiger partial charge >= 0.3 is 0 Å². The highest BCUT2D eigenvalue weighted by Crippen LogP contribution is 2.26. The first kappa shape index (κ1) is 18.3. The van der Waals surface area contributed by atoms with Gasteiger partial charge in [-0.2, -0.15) is 5.10 Å². The van der Waals surface area contributed by atoms with Crippen LogP contribution in [0, 0.1) is 6.92 Å². The normalized spacial score (nSPS) is 17.0. The summed E-state index contributed by atoms with van der Waals surface area (Å²) in [5.74, 6) is 2.95. The van der Waals surface area contributed by atoms with Gasteiger partial charge in [-0.1, -0.05) is 6.07 Å². The number of rotatable bonds is 6. The lowest BCUT2D eigenvalue weighted by atomic mass is 9.96. The molecule has 1 aliphatic heterocycles. The number of carbonyl (C=O) groups excluding carboxylic acids is 1. The zero-order valence-electron chi connectivity index (χ0n) is 16.1. The third-order valence-electron chi connectivity index (χ3n) is 5.17. The molecule has 3 aromatic heterocycles. The van der Waals surface area contributed by atoms with Crippen molar-refractivity contribution in [2.24, 2.45) is 0 Å². The largest absolute Gasteiger partial charge is 0.342 e. The fourth-order valence-electron chi connectivity index (χ4n) is 3.79. The van der Waals surface area contributed by atoms with Crippen molar-refractivity contribution in [3.63, 3.8) is 0 Å². The average Bonchev–Trinajstić information content (AvgIpc) is 3.36. The Morgan fingerprint density at radius 3 is 3.07 bits per heavy atom. The molecule has 0 aliphatic carbocycles. The number of nitrogens with zero attached hydrogens (tertiary/aromatic N) is 6. The number of aryl methyl sites for hydroxylation is 2.